The van der Waals surface area contributed by atoms with Crippen molar-refractivity contribution < 1.29 is 5.11 Å². The minimum atomic E-state index is -0.124. The van der Waals surface area contributed by atoms with Gasteiger partial charge in [0.15, 0.2) is 5.96 Å². The number of aliphatic hydroxyl groups excluding tert-OH is 1. The first kappa shape index (κ1) is 21.8. The van der Waals surface area contributed by atoms with E-state index in [4.69, 9.17) is 16.6 Å². The zero-order valence-electron chi connectivity index (χ0n) is 15.5. The molecular formula is C20H31ClIN3O. The molecule has 26 heavy (non-hydrogen) atoms. The quantitative estimate of drug-likeness (QED) is 0.328. The number of aliphatic hydroxyl groups is 1. The smallest absolute Gasteiger partial charge is 0.191 e. The lowest BCUT2D eigenvalue weighted by molar-refractivity contribution is 0.120. The van der Waals surface area contributed by atoms with Crippen LogP contribution < -0.4 is 10.6 Å². The highest BCUT2D eigenvalue weighted by molar-refractivity contribution is 14.0. The molecule has 0 aromatic heterocycles. The van der Waals surface area contributed by atoms with Crippen LogP contribution in [-0.2, 0) is 5.41 Å². The van der Waals surface area contributed by atoms with Gasteiger partial charge in [0.1, 0.15) is 0 Å². The van der Waals surface area contributed by atoms with E-state index < -0.39 is 0 Å². The summed E-state index contributed by atoms with van der Waals surface area (Å²) in [4.78, 5) is 4.92. The van der Waals surface area contributed by atoms with Crippen LogP contribution in [0.4, 0.5) is 0 Å². The van der Waals surface area contributed by atoms with Crippen LogP contribution in [0.25, 0.3) is 0 Å². The van der Waals surface area contributed by atoms with E-state index in [-0.39, 0.29) is 35.5 Å². The topological polar surface area (TPSA) is 56.7 Å². The predicted molar refractivity (Wildman–Crippen MR) is 120 cm³/mol. The van der Waals surface area contributed by atoms with E-state index in [0.717, 1.165) is 49.8 Å². The maximum atomic E-state index is 9.68. The third kappa shape index (κ3) is 5.49. The maximum Gasteiger partial charge on any atom is 0.191 e. The first-order valence-corrected chi connectivity index (χ1v) is 9.98. The van der Waals surface area contributed by atoms with Gasteiger partial charge in [-0.05, 0) is 63.1 Å². The van der Waals surface area contributed by atoms with Gasteiger partial charge in [-0.3, -0.25) is 4.99 Å². The molecule has 0 spiro atoms. The van der Waals surface area contributed by atoms with Gasteiger partial charge in [0.25, 0.3) is 0 Å². The van der Waals surface area contributed by atoms with E-state index in [1.807, 2.05) is 12.1 Å². The number of hydrogen-bond donors (Lipinski definition) is 3. The lowest BCUT2D eigenvalue weighted by atomic mass is 9.64. The maximum absolute atomic E-state index is 9.68. The van der Waals surface area contributed by atoms with Crippen LogP contribution in [0.15, 0.2) is 29.3 Å². The Labute approximate surface area is 179 Å². The summed E-state index contributed by atoms with van der Waals surface area (Å²) in [6, 6.07) is 8.68. The van der Waals surface area contributed by atoms with Gasteiger partial charge in [0.05, 0.1) is 12.6 Å². The lowest BCUT2D eigenvalue weighted by Crippen LogP contribution is -2.46. The highest BCUT2D eigenvalue weighted by Crippen LogP contribution is 2.44. The van der Waals surface area contributed by atoms with Crippen molar-refractivity contribution in [2.45, 2.75) is 69.4 Å². The number of nitrogens with zero attached hydrogens (tertiary/aromatic N) is 1. The van der Waals surface area contributed by atoms with Crippen molar-refractivity contribution in [2.75, 3.05) is 13.1 Å². The number of aliphatic imine (C=N–C) groups is 1. The summed E-state index contributed by atoms with van der Waals surface area (Å²) in [6.07, 6.45) is 7.29. The molecule has 6 heteroatoms. The molecule has 3 rings (SSSR count). The molecule has 0 saturated heterocycles. The van der Waals surface area contributed by atoms with Crippen LogP contribution in [-0.4, -0.2) is 36.3 Å². The molecule has 0 atom stereocenters. The molecule has 2 saturated carbocycles. The molecule has 3 N–H and O–H groups in total. The highest BCUT2D eigenvalue weighted by atomic mass is 127. The van der Waals surface area contributed by atoms with E-state index in [9.17, 15) is 5.11 Å². The van der Waals surface area contributed by atoms with Gasteiger partial charge in [-0.25, -0.2) is 0 Å². The summed E-state index contributed by atoms with van der Waals surface area (Å²) in [6.45, 7) is 3.76. The Morgan fingerprint density at radius 2 is 1.85 bits per heavy atom. The van der Waals surface area contributed by atoms with Crippen LogP contribution in [0, 0.1) is 0 Å². The van der Waals surface area contributed by atoms with E-state index in [0.29, 0.717) is 6.04 Å². The molecule has 0 aliphatic heterocycles. The average Bonchev–Trinajstić information content (AvgIpc) is 2.57. The molecule has 2 aliphatic rings. The molecule has 2 fully saturated rings. The largest absolute Gasteiger partial charge is 0.393 e. The third-order valence-corrected chi connectivity index (χ3v) is 5.94. The van der Waals surface area contributed by atoms with Crippen LogP contribution >= 0.6 is 35.6 Å². The third-order valence-electron chi connectivity index (χ3n) is 5.69. The number of rotatable bonds is 5. The van der Waals surface area contributed by atoms with Gasteiger partial charge < -0.3 is 15.7 Å². The Morgan fingerprint density at radius 3 is 2.38 bits per heavy atom. The van der Waals surface area contributed by atoms with Gasteiger partial charge in [0.2, 0.25) is 0 Å². The van der Waals surface area contributed by atoms with Gasteiger partial charge in [-0.2, -0.15) is 0 Å². The normalized spacial score (nSPS) is 25.0. The van der Waals surface area contributed by atoms with Crippen molar-refractivity contribution in [1.82, 2.24) is 10.6 Å². The second kappa shape index (κ2) is 10.1. The molecule has 146 valence electrons. The van der Waals surface area contributed by atoms with Crippen LogP contribution in [0.5, 0.6) is 0 Å². The number of hydrogen-bond acceptors (Lipinski definition) is 2. The minimum absolute atomic E-state index is 0. The molecule has 0 heterocycles. The SMILES string of the molecule is CCNC(=NCC1(c2ccc(Cl)cc2)CCC1)NC1CCC(O)CC1.I. The van der Waals surface area contributed by atoms with E-state index in [1.165, 1.54) is 24.8 Å². The zero-order chi connectivity index (χ0) is 17.7. The molecular weight excluding hydrogens is 461 g/mol. The Bertz CT molecular complexity index is 581. The number of halogens is 2. The van der Waals surface area contributed by atoms with E-state index >= 15 is 0 Å². The van der Waals surface area contributed by atoms with Crippen LogP contribution in [0.3, 0.4) is 0 Å². The molecule has 1 aromatic carbocycles. The standard InChI is InChI=1S/C20H30ClN3O.HI/c1-2-22-19(24-17-8-10-18(25)11-9-17)23-14-20(12-3-13-20)15-4-6-16(21)7-5-15;/h4-7,17-18,25H,2-3,8-14H2,1H3,(H2,22,23,24);1H. The first-order chi connectivity index (χ1) is 12.1. The average molecular weight is 492 g/mol. The minimum Gasteiger partial charge on any atom is -0.393 e. The second-order valence-corrected chi connectivity index (χ2v) is 7.92. The Hall–Kier alpha value is -0.530. The number of nitrogens with one attached hydrogen (secondary N) is 2. The Kier molecular flexibility index (Phi) is 8.48. The van der Waals surface area contributed by atoms with Gasteiger partial charge >= 0.3 is 0 Å². The molecule has 2 aliphatic carbocycles. The number of guanidine groups is 1. The molecule has 0 unspecified atom stereocenters. The molecule has 0 bridgehead atoms. The predicted octanol–water partition coefficient (Wildman–Crippen LogP) is 4.24. The van der Waals surface area contributed by atoms with Crippen molar-refractivity contribution in [3.05, 3.63) is 34.9 Å². The summed E-state index contributed by atoms with van der Waals surface area (Å²) in [5.74, 6) is 0.907. The number of benzene rings is 1. The fraction of sp³-hybridized carbons (Fsp3) is 0.650. The summed E-state index contributed by atoms with van der Waals surface area (Å²) in [5, 5.41) is 17.4. The van der Waals surface area contributed by atoms with Crippen molar-refractivity contribution in [3.63, 3.8) is 0 Å². The molecule has 1 aromatic rings. The molecule has 0 amide bonds. The van der Waals surface area contributed by atoms with E-state index in [1.54, 1.807) is 0 Å². The Morgan fingerprint density at radius 1 is 1.19 bits per heavy atom. The lowest BCUT2D eigenvalue weighted by Gasteiger charge is -2.41. The summed E-state index contributed by atoms with van der Waals surface area (Å²) in [7, 11) is 0. The zero-order valence-corrected chi connectivity index (χ0v) is 18.6. The van der Waals surface area contributed by atoms with Crippen molar-refractivity contribution in [3.8, 4) is 0 Å². The Balaban J connectivity index is 0.00000243. The van der Waals surface area contributed by atoms with E-state index in [2.05, 4.69) is 29.7 Å². The van der Waals surface area contributed by atoms with Crippen LogP contribution in [0.1, 0.15) is 57.4 Å². The molecule has 0 radical (unpaired) electrons. The first-order valence-electron chi connectivity index (χ1n) is 9.60. The fourth-order valence-corrected chi connectivity index (χ4v) is 4.03. The van der Waals surface area contributed by atoms with Crippen molar-refractivity contribution in [1.29, 1.82) is 0 Å². The molecule has 4 nitrogen and oxygen atoms in total. The van der Waals surface area contributed by atoms with Gasteiger partial charge in [0, 0.05) is 23.0 Å². The second-order valence-electron chi connectivity index (χ2n) is 7.49. The van der Waals surface area contributed by atoms with Crippen LogP contribution in [0.2, 0.25) is 5.02 Å². The summed E-state index contributed by atoms with van der Waals surface area (Å²) < 4.78 is 0. The highest BCUT2D eigenvalue weighted by Gasteiger charge is 2.38. The monoisotopic (exact) mass is 491 g/mol. The fourth-order valence-electron chi connectivity index (χ4n) is 3.91. The summed E-state index contributed by atoms with van der Waals surface area (Å²) >= 11 is 6.05. The van der Waals surface area contributed by atoms with Gasteiger partial charge in [-0.1, -0.05) is 30.2 Å². The van der Waals surface area contributed by atoms with Crippen molar-refractivity contribution in [2.24, 2.45) is 4.99 Å². The van der Waals surface area contributed by atoms with Gasteiger partial charge in [-0.15, -0.1) is 24.0 Å². The van der Waals surface area contributed by atoms with Crippen molar-refractivity contribution >= 4 is 41.5 Å². The summed E-state index contributed by atoms with van der Waals surface area (Å²) in [5.41, 5.74) is 1.51.